The number of aromatic nitrogens is 1. The second-order valence-electron chi connectivity index (χ2n) is 6.77. The number of thiazole rings is 1. The summed E-state index contributed by atoms with van der Waals surface area (Å²) in [5, 5.41) is 3.56. The molecule has 1 fully saturated rings. The lowest BCUT2D eigenvalue weighted by Gasteiger charge is -2.31. The number of hydrogen-bond donors (Lipinski definition) is 1. The molecule has 0 bridgehead atoms. The lowest BCUT2D eigenvalue weighted by atomic mass is 9.99. The summed E-state index contributed by atoms with van der Waals surface area (Å²) in [6, 6.07) is 11.1. The number of halogens is 2. The first-order valence-corrected chi connectivity index (χ1v) is 9.73. The van der Waals surface area contributed by atoms with Crippen molar-refractivity contribution in [1.29, 1.82) is 0 Å². The van der Waals surface area contributed by atoms with Crippen LogP contribution < -0.4 is 5.32 Å². The van der Waals surface area contributed by atoms with Gasteiger partial charge in [0.05, 0.1) is 27.5 Å². The lowest BCUT2D eigenvalue weighted by Crippen LogP contribution is -2.39. The third-order valence-electron chi connectivity index (χ3n) is 4.73. The van der Waals surface area contributed by atoms with Crippen LogP contribution in [0.5, 0.6) is 0 Å². The van der Waals surface area contributed by atoms with Crippen molar-refractivity contribution in [3.8, 4) is 0 Å². The molecule has 7 heteroatoms. The number of nitrogens with zero attached hydrogens (tertiary/aromatic N) is 2. The molecule has 1 N–H and O–H groups in total. The Bertz CT molecular complexity index is 942. The van der Waals surface area contributed by atoms with Gasteiger partial charge in [0.1, 0.15) is 11.6 Å². The normalized spacial score (nSPS) is 17.9. The molecule has 1 amide bonds. The summed E-state index contributed by atoms with van der Waals surface area (Å²) < 4.78 is 28.1. The maximum absolute atomic E-state index is 13.7. The molecule has 2 aromatic carbocycles. The Balaban J connectivity index is 1.40. The van der Waals surface area contributed by atoms with Gasteiger partial charge in [0.2, 0.25) is 5.91 Å². The number of carbonyl (C=O) groups is 1. The zero-order valence-corrected chi connectivity index (χ0v) is 15.4. The number of hydrogen-bond acceptors (Lipinski definition) is 4. The SMILES string of the molecule is O=C(CN1CCC[C@H](c2nc3ccccc3s2)C1)Nc1cc(F)ccc1F. The van der Waals surface area contributed by atoms with E-state index in [2.05, 4.69) is 11.4 Å². The van der Waals surface area contributed by atoms with Crippen molar-refractivity contribution >= 4 is 33.1 Å². The molecule has 1 atom stereocenters. The molecule has 1 saturated heterocycles. The first-order valence-electron chi connectivity index (χ1n) is 8.91. The monoisotopic (exact) mass is 387 g/mol. The Morgan fingerprint density at radius 1 is 1.26 bits per heavy atom. The van der Waals surface area contributed by atoms with E-state index in [-0.39, 0.29) is 24.1 Å². The van der Waals surface area contributed by atoms with E-state index >= 15 is 0 Å². The van der Waals surface area contributed by atoms with Gasteiger partial charge in [-0.1, -0.05) is 12.1 Å². The third-order valence-corrected chi connectivity index (χ3v) is 5.93. The minimum absolute atomic E-state index is 0.125. The molecule has 4 rings (SSSR count). The fraction of sp³-hybridized carbons (Fsp3) is 0.300. The van der Waals surface area contributed by atoms with Crippen LogP contribution in [0, 0.1) is 11.6 Å². The fourth-order valence-electron chi connectivity index (χ4n) is 3.45. The van der Waals surface area contributed by atoms with Gasteiger partial charge in [-0.3, -0.25) is 9.69 Å². The second kappa shape index (κ2) is 7.70. The summed E-state index contributed by atoms with van der Waals surface area (Å²) in [4.78, 5) is 19.1. The Labute approximate surface area is 159 Å². The largest absolute Gasteiger partial charge is 0.322 e. The van der Waals surface area contributed by atoms with Gasteiger partial charge in [0.15, 0.2) is 0 Å². The van der Waals surface area contributed by atoms with Gasteiger partial charge >= 0.3 is 0 Å². The van der Waals surface area contributed by atoms with Crippen LogP contribution in [-0.4, -0.2) is 35.4 Å². The number of piperidine rings is 1. The predicted octanol–water partition coefficient (Wildman–Crippen LogP) is 4.39. The molecule has 2 heterocycles. The summed E-state index contributed by atoms with van der Waals surface area (Å²) in [5.74, 6) is -1.28. The number of benzene rings is 2. The molecule has 1 aliphatic heterocycles. The molecule has 3 aromatic rings. The Morgan fingerprint density at radius 3 is 2.96 bits per heavy atom. The van der Waals surface area contributed by atoms with E-state index in [0.717, 1.165) is 54.7 Å². The molecular weight excluding hydrogens is 368 g/mol. The zero-order valence-electron chi connectivity index (χ0n) is 14.6. The van der Waals surface area contributed by atoms with E-state index in [0.29, 0.717) is 0 Å². The fourth-order valence-corrected chi connectivity index (χ4v) is 4.54. The van der Waals surface area contributed by atoms with Crippen molar-refractivity contribution in [3.63, 3.8) is 0 Å². The molecule has 0 aliphatic carbocycles. The molecule has 1 aliphatic rings. The van der Waals surface area contributed by atoms with Crippen molar-refractivity contribution in [2.45, 2.75) is 18.8 Å². The molecule has 1 aromatic heterocycles. The molecule has 0 unspecified atom stereocenters. The summed E-state index contributed by atoms with van der Waals surface area (Å²) in [6.45, 7) is 1.69. The van der Waals surface area contributed by atoms with Gasteiger partial charge in [0, 0.05) is 18.5 Å². The van der Waals surface area contributed by atoms with E-state index in [1.807, 2.05) is 23.1 Å². The van der Waals surface area contributed by atoms with Crippen molar-refractivity contribution < 1.29 is 13.6 Å². The minimum atomic E-state index is -0.643. The van der Waals surface area contributed by atoms with Gasteiger partial charge in [0.25, 0.3) is 0 Å². The summed E-state index contributed by atoms with van der Waals surface area (Å²) in [7, 11) is 0. The number of amides is 1. The molecule has 140 valence electrons. The topological polar surface area (TPSA) is 45.2 Å². The number of carbonyl (C=O) groups excluding carboxylic acids is 1. The lowest BCUT2D eigenvalue weighted by molar-refractivity contribution is -0.117. The van der Waals surface area contributed by atoms with Crippen LogP contribution >= 0.6 is 11.3 Å². The van der Waals surface area contributed by atoms with Crippen molar-refractivity contribution in [1.82, 2.24) is 9.88 Å². The van der Waals surface area contributed by atoms with Gasteiger partial charge in [-0.25, -0.2) is 13.8 Å². The molecule has 0 radical (unpaired) electrons. The van der Waals surface area contributed by atoms with E-state index in [1.54, 1.807) is 11.3 Å². The van der Waals surface area contributed by atoms with Crippen LogP contribution in [0.1, 0.15) is 23.8 Å². The van der Waals surface area contributed by atoms with E-state index in [9.17, 15) is 13.6 Å². The average Bonchev–Trinajstić information content (AvgIpc) is 3.09. The Hall–Kier alpha value is -2.38. The molecule has 0 spiro atoms. The predicted molar refractivity (Wildman–Crippen MR) is 103 cm³/mol. The number of anilines is 1. The van der Waals surface area contributed by atoms with Crippen LogP contribution in [0.4, 0.5) is 14.5 Å². The van der Waals surface area contributed by atoms with Gasteiger partial charge in [-0.2, -0.15) is 0 Å². The minimum Gasteiger partial charge on any atom is -0.322 e. The number of fused-ring (bicyclic) bond motifs is 1. The average molecular weight is 387 g/mol. The summed E-state index contributed by atoms with van der Waals surface area (Å²) in [6.07, 6.45) is 2.01. The highest BCUT2D eigenvalue weighted by Crippen LogP contribution is 2.32. The zero-order chi connectivity index (χ0) is 18.8. The smallest absolute Gasteiger partial charge is 0.238 e. The molecular formula is C20H19F2N3OS. The maximum atomic E-state index is 13.7. The van der Waals surface area contributed by atoms with Crippen LogP contribution in [0.15, 0.2) is 42.5 Å². The first kappa shape index (κ1) is 18.0. The number of nitrogens with one attached hydrogen (secondary N) is 1. The Morgan fingerprint density at radius 2 is 2.11 bits per heavy atom. The maximum Gasteiger partial charge on any atom is 0.238 e. The summed E-state index contributed by atoms with van der Waals surface area (Å²) in [5.41, 5.74) is 0.883. The highest BCUT2D eigenvalue weighted by atomic mass is 32.1. The quantitative estimate of drug-likeness (QED) is 0.722. The van der Waals surface area contributed by atoms with Crippen LogP contribution in [0.3, 0.4) is 0 Å². The van der Waals surface area contributed by atoms with Crippen molar-refractivity contribution in [2.75, 3.05) is 25.0 Å². The Kier molecular flexibility index (Phi) is 5.13. The molecule has 0 saturated carbocycles. The van der Waals surface area contributed by atoms with E-state index in [4.69, 9.17) is 4.98 Å². The van der Waals surface area contributed by atoms with Crippen molar-refractivity contribution in [3.05, 3.63) is 59.1 Å². The van der Waals surface area contributed by atoms with Crippen LogP contribution in [0.25, 0.3) is 10.2 Å². The first-order chi connectivity index (χ1) is 13.1. The van der Waals surface area contributed by atoms with Gasteiger partial charge in [-0.15, -0.1) is 11.3 Å². The van der Waals surface area contributed by atoms with E-state index in [1.165, 1.54) is 4.70 Å². The second-order valence-corrected chi connectivity index (χ2v) is 7.83. The van der Waals surface area contributed by atoms with Crippen LogP contribution in [-0.2, 0) is 4.79 Å². The van der Waals surface area contributed by atoms with Crippen molar-refractivity contribution in [2.24, 2.45) is 0 Å². The number of para-hydroxylation sites is 1. The highest BCUT2D eigenvalue weighted by molar-refractivity contribution is 7.18. The van der Waals surface area contributed by atoms with Crippen LogP contribution in [0.2, 0.25) is 0 Å². The van der Waals surface area contributed by atoms with Gasteiger partial charge < -0.3 is 5.32 Å². The number of rotatable bonds is 4. The molecule has 4 nitrogen and oxygen atoms in total. The standard InChI is InChI=1S/C20H19F2N3OS/c21-14-7-8-15(22)17(10-14)23-19(26)12-25-9-3-4-13(11-25)20-24-16-5-1-2-6-18(16)27-20/h1-2,5-8,10,13H,3-4,9,11-12H2,(H,23,26)/t13-/m0/s1. The summed E-state index contributed by atoms with van der Waals surface area (Å²) >= 11 is 1.70. The van der Waals surface area contributed by atoms with Gasteiger partial charge in [-0.05, 0) is 43.7 Å². The third kappa shape index (κ3) is 4.14. The van der Waals surface area contributed by atoms with E-state index < -0.39 is 11.6 Å². The number of likely N-dealkylation sites (tertiary alicyclic amines) is 1. The highest BCUT2D eigenvalue weighted by Gasteiger charge is 2.25. The molecule has 27 heavy (non-hydrogen) atoms.